The molecule has 0 radical (unpaired) electrons. The molecule has 0 fully saturated rings. The van der Waals surface area contributed by atoms with Crippen LogP contribution < -0.4 is 4.74 Å². The topological polar surface area (TPSA) is 49.8 Å². The molecule has 0 saturated carbocycles. The SMILES string of the molecule is CCCC(O)(CCC)CC(=O)N1CCc2ccc(OC)cc2C1. The van der Waals surface area contributed by atoms with Crippen LogP contribution in [-0.4, -0.2) is 35.2 Å². The standard InChI is InChI=1S/C19H29NO3/c1-4-9-19(22,10-5-2)13-18(21)20-11-8-15-6-7-17(23-3)12-16(15)14-20/h6-7,12,22H,4-5,8-11,13-14H2,1-3H3. The summed E-state index contributed by atoms with van der Waals surface area (Å²) in [6, 6.07) is 6.07. The van der Waals surface area contributed by atoms with Crippen LogP contribution in [0.15, 0.2) is 18.2 Å². The number of amides is 1. The number of carbonyl (C=O) groups excluding carboxylic acids is 1. The molecule has 1 aliphatic heterocycles. The molecule has 0 unspecified atom stereocenters. The second kappa shape index (κ2) is 7.82. The Morgan fingerprint density at radius 2 is 1.96 bits per heavy atom. The molecular formula is C19H29NO3. The molecule has 1 N–H and O–H groups in total. The first-order valence-corrected chi connectivity index (χ1v) is 8.67. The lowest BCUT2D eigenvalue weighted by Gasteiger charge is -2.33. The van der Waals surface area contributed by atoms with Gasteiger partial charge in [0, 0.05) is 13.1 Å². The van der Waals surface area contributed by atoms with Crippen LogP contribution in [0.25, 0.3) is 0 Å². The maximum Gasteiger partial charge on any atom is 0.225 e. The van der Waals surface area contributed by atoms with Gasteiger partial charge in [-0.05, 0) is 42.5 Å². The highest BCUT2D eigenvalue weighted by molar-refractivity contribution is 5.77. The molecule has 1 heterocycles. The van der Waals surface area contributed by atoms with Crippen molar-refractivity contribution < 1.29 is 14.6 Å². The minimum atomic E-state index is -0.852. The highest BCUT2D eigenvalue weighted by atomic mass is 16.5. The normalized spacial score (nSPS) is 14.5. The highest BCUT2D eigenvalue weighted by Gasteiger charge is 2.31. The van der Waals surface area contributed by atoms with Crippen LogP contribution in [0.4, 0.5) is 0 Å². The van der Waals surface area contributed by atoms with Crippen molar-refractivity contribution in [3.8, 4) is 5.75 Å². The van der Waals surface area contributed by atoms with Gasteiger partial charge in [0.2, 0.25) is 5.91 Å². The number of nitrogens with zero attached hydrogens (tertiary/aromatic N) is 1. The Balaban J connectivity index is 2.06. The summed E-state index contributed by atoms with van der Waals surface area (Å²) < 4.78 is 5.28. The third-order valence-corrected chi connectivity index (χ3v) is 4.69. The van der Waals surface area contributed by atoms with Crippen molar-refractivity contribution in [3.05, 3.63) is 29.3 Å². The predicted octanol–water partition coefficient (Wildman–Crippen LogP) is 3.30. The predicted molar refractivity (Wildman–Crippen MR) is 91.5 cm³/mol. The smallest absolute Gasteiger partial charge is 0.225 e. The number of ether oxygens (including phenoxy) is 1. The number of carbonyl (C=O) groups is 1. The third kappa shape index (κ3) is 4.47. The lowest BCUT2D eigenvalue weighted by Crippen LogP contribution is -2.41. The van der Waals surface area contributed by atoms with Crippen molar-refractivity contribution in [1.29, 1.82) is 0 Å². The molecule has 4 heteroatoms. The quantitative estimate of drug-likeness (QED) is 0.839. The molecule has 128 valence electrons. The Labute approximate surface area is 139 Å². The third-order valence-electron chi connectivity index (χ3n) is 4.69. The van der Waals surface area contributed by atoms with Crippen LogP contribution in [0.5, 0.6) is 5.75 Å². The summed E-state index contributed by atoms with van der Waals surface area (Å²) in [7, 11) is 1.66. The van der Waals surface area contributed by atoms with Crippen molar-refractivity contribution in [2.24, 2.45) is 0 Å². The highest BCUT2D eigenvalue weighted by Crippen LogP contribution is 2.28. The molecule has 0 spiro atoms. The summed E-state index contributed by atoms with van der Waals surface area (Å²) in [5.74, 6) is 0.884. The first kappa shape index (κ1) is 17.8. The van der Waals surface area contributed by atoms with Gasteiger partial charge in [-0.3, -0.25) is 4.79 Å². The average Bonchev–Trinajstić information content (AvgIpc) is 2.53. The monoisotopic (exact) mass is 319 g/mol. The molecule has 1 aliphatic rings. The van der Waals surface area contributed by atoms with Crippen molar-refractivity contribution in [3.63, 3.8) is 0 Å². The number of hydrogen-bond donors (Lipinski definition) is 1. The summed E-state index contributed by atoms with van der Waals surface area (Å²) in [5, 5.41) is 10.7. The number of rotatable bonds is 7. The Kier molecular flexibility index (Phi) is 6.05. The first-order valence-electron chi connectivity index (χ1n) is 8.67. The van der Waals surface area contributed by atoms with Crippen LogP contribution in [0.2, 0.25) is 0 Å². The van der Waals surface area contributed by atoms with Crippen molar-refractivity contribution >= 4 is 5.91 Å². The number of hydrogen-bond acceptors (Lipinski definition) is 3. The second-order valence-corrected chi connectivity index (χ2v) is 6.60. The maximum atomic E-state index is 12.7. The zero-order valence-electron chi connectivity index (χ0n) is 14.6. The van der Waals surface area contributed by atoms with Gasteiger partial charge in [0.1, 0.15) is 5.75 Å². The molecule has 0 atom stereocenters. The molecule has 4 nitrogen and oxygen atoms in total. The zero-order valence-corrected chi connectivity index (χ0v) is 14.6. The van der Waals surface area contributed by atoms with Gasteiger partial charge >= 0.3 is 0 Å². The van der Waals surface area contributed by atoms with Gasteiger partial charge in [-0.25, -0.2) is 0 Å². The van der Waals surface area contributed by atoms with Crippen LogP contribution >= 0.6 is 0 Å². The van der Waals surface area contributed by atoms with Gasteiger partial charge in [0.15, 0.2) is 0 Å². The Hall–Kier alpha value is -1.55. The summed E-state index contributed by atoms with van der Waals surface area (Å²) in [6.07, 6.45) is 4.25. The number of fused-ring (bicyclic) bond motifs is 1. The van der Waals surface area contributed by atoms with E-state index in [0.29, 0.717) is 19.4 Å². The van der Waals surface area contributed by atoms with Gasteiger partial charge in [-0.15, -0.1) is 0 Å². The molecule has 0 saturated heterocycles. The van der Waals surface area contributed by atoms with E-state index in [4.69, 9.17) is 4.74 Å². The summed E-state index contributed by atoms with van der Waals surface area (Å²) in [5.41, 5.74) is 1.58. The van der Waals surface area contributed by atoms with E-state index in [0.717, 1.165) is 37.1 Å². The van der Waals surface area contributed by atoms with Gasteiger partial charge < -0.3 is 14.7 Å². The summed E-state index contributed by atoms with van der Waals surface area (Å²) >= 11 is 0. The first-order chi connectivity index (χ1) is 11.0. The molecule has 1 aromatic rings. The fourth-order valence-electron chi connectivity index (χ4n) is 3.50. The Bertz CT molecular complexity index is 535. The van der Waals surface area contributed by atoms with Crippen molar-refractivity contribution in [2.45, 2.75) is 64.5 Å². The fraction of sp³-hybridized carbons (Fsp3) is 0.632. The van der Waals surface area contributed by atoms with E-state index >= 15 is 0 Å². The van der Waals surface area contributed by atoms with E-state index in [1.165, 1.54) is 5.56 Å². The molecule has 23 heavy (non-hydrogen) atoms. The van der Waals surface area contributed by atoms with E-state index < -0.39 is 5.60 Å². The average molecular weight is 319 g/mol. The van der Waals surface area contributed by atoms with Gasteiger partial charge in [-0.2, -0.15) is 0 Å². The summed E-state index contributed by atoms with van der Waals surface area (Å²) in [4.78, 5) is 14.5. The number of benzene rings is 1. The number of aliphatic hydroxyl groups is 1. The second-order valence-electron chi connectivity index (χ2n) is 6.60. The van der Waals surface area contributed by atoms with Gasteiger partial charge in [-0.1, -0.05) is 32.8 Å². The van der Waals surface area contributed by atoms with E-state index in [1.807, 2.05) is 17.0 Å². The largest absolute Gasteiger partial charge is 0.497 e. The lowest BCUT2D eigenvalue weighted by molar-refractivity contribution is -0.138. The van der Waals surface area contributed by atoms with Crippen molar-refractivity contribution in [1.82, 2.24) is 4.90 Å². The summed E-state index contributed by atoms with van der Waals surface area (Å²) in [6.45, 7) is 5.44. The van der Waals surface area contributed by atoms with Crippen LogP contribution in [0, 0.1) is 0 Å². The fourth-order valence-corrected chi connectivity index (χ4v) is 3.50. The number of methoxy groups -OCH3 is 1. The zero-order chi connectivity index (χ0) is 16.9. The van der Waals surface area contributed by atoms with E-state index in [2.05, 4.69) is 19.9 Å². The molecule has 2 rings (SSSR count). The Morgan fingerprint density at radius 1 is 1.26 bits per heavy atom. The van der Waals surface area contributed by atoms with E-state index in [-0.39, 0.29) is 12.3 Å². The molecular weight excluding hydrogens is 290 g/mol. The van der Waals surface area contributed by atoms with Gasteiger partial charge in [0.05, 0.1) is 19.1 Å². The molecule has 0 aromatic heterocycles. The van der Waals surface area contributed by atoms with Crippen LogP contribution in [0.1, 0.15) is 57.1 Å². The molecule has 0 aliphatic carbocycles. The maximum absolute atomic E-state index is 12.7. The lowest BCUT2D eigenvalue weighted by atomic mass is 9.88. The van der Waals surface area contributed by atoms with Gasteiger partial charge in [0.25, 0.3) is 0 Å². The molecule has 1 aromatic carbocycles. The van der Waals surface area contributed by atoms with Crippen LogP contribution in [0.3, 0.4) is 0 Å². The minimum Gasteiger partial charge on any atom is -0.497 e. The van der Waals surface area contributed by atoms with E-state index in [9.17, 15) is 9.90 Å². The van der Waals surface area contributed by atoms with E-state index in [1.54, 1.807) is 7.11 Å². The minimum absolute atomic E-state index is 0.0582. The van der Waals surface area contributed by atoms with Crippen LogP contribution in [-0.2, 0) is 17.8 Å². The van der Waals surface area contributed by atoms with Crippen molar-refractivity contribution in [2.75, 3.05) is 13.7 Å². The molecule has 1 amide bonds. The Morgan fingerprint density at radius 3 is 2.57 bits per heavy atom. The molecule has 0 bridgehead atoms.